The average molecular weight is 193 g/mol. The molecule has 1 saturated heterocycles. The van der Waals surface area contributed by atoms with E-state index in [1.54, 1.807) is 0 Å². The highest BCUT2D eigenvalue weighted by molar-refractivity contribution is 5.92. The van der Waals surface area contributed by atoms with Gasteiger partial charge in [0.2, 0.25) is 5.78 Å². The monoisotopic (exact) mass is 193 g/mol. The first-order valence-electron chi connectivity index (χ1n) is 3.69. The number of halogens is 2. The lowest BCUT2D eigenvalue weighted by Crippen LogP contribution is -2.54. The third-order valence-electron chi connectivity index (χ3n) is 1.85. The molecule has 1 unspecified atom stereocenters. The van der Waals surface area contributed by atoms with E-state index in [4.69, 9.17) is 0 Å². The summed E-state index contributed by atoms with van der Waals surface area (Å²) in [5, 5.41) is 2.25. The van der Waals surface area contributed by atoms with E-state index in [9.17, 15) is 18.4 Å². The summed E-state index contributed by atoms with van der Waals surface area (Å²) in [7, 11) is 1.14. The lowest BCUT2D eigenvalue weighted by molar-refractivity contribution is -0.155. The van der Waals surface area contributed by atoms with Gasteiger partial charge in [0.15, 0.2) is 0 Å². The molecule has 1 N–H and O–H groups in total. The molecule has 0 saturated carbocycles. The van der Waals surface area contributed by atoms with Crippen LogP contribution in [-0.4, -0.2) is 37.4 Å². The van der Waals surface area contributed by atoms with E-state index in [1.807, 2.05) is 0 Å². The summed E-state index contributed by atoms with van der Waals surface area (Å²) in [6.45, 7) is -0.800. The molecule has 0 aromatic rings. The quantitative estimate of drug-likeness (QED) is 0.582. The maximum absolute atomic E-state index is 12.6. The Morgan fingerprint density at radius 2 is 2.31 bits per heavy atom. The lowest BCUT2D eigenvalue weighted by atomic mass is 10.0. The molecule has 1 aliphatic heterocycles. The second kappa shape index (κ2) is 3.37. The van der Waals surface area contributed by atoms with Gasteiger partial charge in [-0.1, -0.05) is 0 Å². The first-order valence-corrected chi connectivity index (χ1v) is 3.69. The van der Waals surface area contributed by atoms with Crippen molar-refractivity contribution in [2.45, 2.75) is 18.4 Å². The Balaban J connectivity index is 2.61. The summed E-state index contributed by atoms with van der Waals surface area (Å²) in [4.78, 5) is 21.6. The topological polar surface area (TPSA) is 55.4 Å². The van der Waals surface area contributed by atoms with E-state index < -0.39 is 36.7 Å². The van der Waals surface area contributed by atoms with Gasteiger partial charge in [-0.05, 0) is 0 Å². The van der Waals surface area contributed by atoms with Crippen LogP contribution in [-0.2, 0) is 14.3 Å². The minimum absolute atomic E-state index is 0.514. The number of piperidine rings is 1. The zero-order valence-corrected chi connectivity index (χ0v) is 6.97. The summed E-state index contributed by atoms with van der Waals surface area (Å²) >= 11 is 0. The summed E-state index contributed by atoms with van der Waals surface area (Å²) in [5.41, 5.74) is 0. The Kier molecular flexibility index (Phi) is 2.60. The molecule has 0 spiro atoms. The van der Waals surface area contributed by atoms with Crippen molar-refractivity contribution in [2.75, 3.05) is 13.7 Å². The maximum atomic E-state index is 12.6. The van der Waals surface area contributed by atoms with Crippen LogP contribution in [0.1, 0.15) is 6.42 Å². The van der Waals surface area contributed by atoms with Gasteiger partial charge in [0.1, 0.15) is 6.04 Å². The fraction of sp³-hybridized carbons (Fsp3) is 0.714. The Morgan fingerprint density at radius 3 is 2.77 bits per heavy atom. The number of methoxy groups -OCH3 is 1. The molecule has 1 aliphatic rings. The Bertz CT molecular complexity index is 242. The van der Waals surface area contributed by atoms with Crippen molar-refractivity contribution in [1.29, 1.82) is 0 Å². The van der Waals surface area contributed by atoms with Crippen LogP contribution in [0.2, 0.25) is 0 Å². The van der Waals surface area contributed by atoms with E-state index in [2.05, 4.69) is 10.1 Å². The fourth-order valence-corrected chi connectivity index (χ4v) is 1.07. The molecule has 0 amide bonds. The summed E-state index contributed by atoms with van der Waals surface area (Å²) in [5.74, 6) is -5.27. The minimum Gasteiger partial charge on any atom is -0.468 e. The van der Waals surface area contributed by atoms with Crippen LogP contribution in [0.4, 0.5) is 8.78 Å². The largest absolute Gasteiger partial charge is 0.468 e. The predicted octanol–water partition coefficient (Wildman–Crippen LogP) is -0.274. The van der Waals surface area contributed by atoms with Crippen molar-refractivity contribution in [1.82, 2.24) is 5.32 Å². The molecule has 1 rings (SSSR count). The standard InChI is InChI=1S/C7H9F2NO3/c1-13-6(12)4-2-5(11)7(8,9)3-10-4/h4,10H,2-3H2,1H3. The van der Waals surface area contributed by atoms with E-state index in [1.165, 1.54) is 0 Å². The molecule has 13 heavy (non-hydrogen) atoms. The van der Waals surface area contributed by atoms with Crippen LogP contribution < -0.4 is 5.32 Å². The molecule has 1 fully saturated rings. The summed E-state index contributed by atoms with van der Waals surface area (Å²) < 4.78 is 29.5. The molecule has 0 aliphatic carbocycles. The number of ketones is 1. The smallest absolute Gasteiger partial charge is 0.323 e. The maximum Gasteiger partial charge on any atom is 0.323 e. The molecule has 0 radical (unpaired) electrons. The van der Waals surface area contributed by atoms with E-state index in [0.717, 1.165) is 7.11 Å². The molecule has 1 atom stereocenters. The van der Waals surface area contributed by atoms with Crippen LogP contribution in [0.15, 0.2) is 0 Å². The molecular weight excluding hydrogens is 184 g/mol. The summed E-state index contributed by atoms with van der Waals surface area (Å²) in [6.07, 6.45) is -0.514. The van der Waals surface area contributed by atoms with Crippen molar-refractivity contribution < 1.29 is 23.1 Å². The van der Waals surface area contributed by atoms with Crippen molar-refractivity contribution >= 4 is 11.8 Å². The zero-order valence-electron chi connectivity index (χ0n) is 6.97. The van der Waals surface area contributed by atoms with Crippen molar-refractivity contribution in [3.63, 3.8) is 0 Å². The Hall–Kier alpha value is -1.04. The average Bonchev–Trinajstić information content (AvgIpc) is 2.08. The third-order valence-corrected chi connectivity index (χ3v) is 1.85. The fourth-order valence-electron chi connectivity index (χ4n) is 1.07. The van der Waals surface area contributed by atoms with Crippen LogP contribution in [0, 0.1) is 0 Å². The van der Waals surface area contributed by atoms with Gasteiger partial charge in [-0.15, -0.1) is 0 Å². The number of carbonyl (C=O) groups excluding carboxylic acids is 2. The second-order valence-corrected chi connectivity index (χ2v) is 2.79. The molecule has 0 aromatic carbocycles. The molecule has 1 heterocycles. The molecule has 6 heteroatoms. The lowest BCUT2D eigenvalue weighted by Gasteiger charge is -2.26. The highest BCUT2D eigenvalue weighted by Crippen LogP contribution is 2.21. The number of Topliss-reactive ketones (excluding diaryl/α,β-unsaturated/α-hetero) is 1. The highest BCUT2D eigenvalue weighted by atomic mass is 19.3. The zero-order chi connectivity index (χ0) is 10.1. The Morgan fingerprint density at radius 1 is 1.69 bits per heavy atom. The number of hydrogen-bond acceptors (Lipinski definition) is 4. The Labute approximate surface area is 73.2 Å². The third kappa shape index (κ3) is 2.00. The molecule has 0 aromatic heterocycles. The van der Waals surface area contributed by atoms with Gasteiger partial charge in [0, 0.05) is 6.42 Å². The van der Waals surface area contributed by atoms with Crippen LogP contribution >= 0.6 is 0 Å². The van der Waals surface area contributed by atoms with E-state index in [0.29, 0.717) is 0 Å². The highest BCUT2D eigenvalue weighted by Gasteiger charge is 2.45. The number of alkyl halides is 2. The number of carbonyl (C=O) groups is 2. The van der Waals surface area contributed by atoms with Gasteiger partial charge in [0.05, 0.1) is 13.7 Å². The normalized spacial score (nSPS) is 27.0. The summed E-state index contributed by atoms with van der Waals surface area (Å²) in [6, 6.07) is -0.933. The molecule has 74 valence electrons. The van der Waals surface area contributed by atoms with E-state index in [-0.39, 0.29) is 0 Å². The SMILES string of the molecule is COC(=O)C1CC(=O)C(F)(F)CN1. The first kappa shape index (κ1) is 10.0. The van der Waals surface area contributed by atoms with Gasteiger partial charge >= 0.3 is 11.9 Å². The predicted molar refractivity (Wildman–Crippen MR) is 38.4 cm³/mol. The van der Waals surface area contributed by atoms with Crippen molar-refractivity contribution in [3.8, 4) is 0 Å². The van der Waals surface area contributed by atoms with Gasteiger partial charge in [-0.25, -0.2) is 0 Å². The number of rotatable bonds is 1. The van der Waals surface area contributed by atoms with Crippen LogP contribution in [0.5, 0.6) is 0 Å². The molecule has 4 nitrogen and oxygen atoms in total. The van der Waals surface area contributed by atoms with Gasteiger partial charge in [-0.3, -0.25) is 14.9 Å². The second-order valence-electron chi connectivity index (χ2n) is 2.79. The van der Waals surface area contributed by atoms with Crippen LogP contribution in [0.3, 0.4) is 0 Å². The van der Waals surface area contributed by atoms with Gasteiger partial charge in [-0.2, -0.15) is 8.78 Å². The molecule has 0 bridgehead atoms. The number of ether oxygens (including phenoxy) is 1. The van der Waals surface area contributed by atoms with Crippen molar-refractivity contribution in [3.05, 3.63) is 0 Å². The number of nitrogens with one attached hydrogen (secondary N) is 1. The van der Waals surface area contributed by atoms with Gasteiger partial charge in [0.25, 0.3) is 0 Å². The van der Waals surface area contributed by atoms with Gasteiger partial charge < -0.3 is 4.74 Å². The first-order chi connectivity index (χ1) is 5.97. The van der Waals surface area contributed by atoms with Crippen molar-refractivity contribution in [2.24, 2.45) is 0 Å². The number of esters is 1. The number of hydrogen-bond donors (Lipinski definition) is 1. The van der Waals surface area contributed by atoms with Crippen LogP contribution in [0.25, 0.3) is 0 Å². The minimum atomic E-state index is -3.36. The van der Waals surface area contributed by atoms with E-state index >= 15 is 0 Å². The molecular formula is C7H9F2NO3.